The van der Waals surface area contributed by atoms with Crippen LogP contribution in [0.1, 0.15) is 16.7 Å². The van der Waals surface area contributed by atoms with E-state index in [1.54, 1.807) is 6.08 Å². The summed E-state index contributed by atoms with van der Waals surface area (Å²) < 4.78 is 1.08. The largest absolute Gasteiger partial charge is 0.298 e. The minimum absolute atomic E-state index is 0.170. The van der Waals surface area contributed by atoms with Gasteiger partial charge in [-0.2, -0.15) is 0 Å². The molecule has 4 heteroatoms. The van der Waals surface area contributed by atoms with Crippen molar-refractivity contribution in [1.82, 2.24) is 4.98 Å². The molecule has 0 aliphatic rings. The number of carbonyl (C=O) groups is 1. The number of aromatic nitrogens is 1. The lowest BCUT2D eigenvalue weighted by molar-refractivity contribution is -0.111. The standard InChI is InChI=1S/C18H16N2OS/c1-12-3-6-14(7-4-12)8-10-17(21)20-18-19-15-9-5-13(2)11-16(15)22-18/h3-11H,1-2H3,(H,19,20,21)/b10-8+. The van der Waals surface area contributed by atoms with Crippen LogP contribution >= 0.6 is 11.3 Å². The first-order valence-electron chi connectivity index (χ1n) is 7.03. The van der Waals surface area contributed by atoms with Crippen LogP contribution in [0.2, 0.25) is 0 Å². The molecule has 110 valence electrons. The van der Waals surface area contributed by atoms with Crippen LogP contribution in [0, 0.1) is 13.8 Å². The second-order valence-corrected chi connectivity index (χ2v) is 6.25. The molecule has 0 spiro atoms. The molecule has 1 aromatic heterocycles. The lowest BCUT2D eigenvalue weighted by Gasteiger charge is -1.96. The van der Waals surface area contributed by atoms with Crippen molar-refractivity contribution in [3.63, 3.8) is 0 Å². The molecule has 0 atom stereocenters. The summed E-state index contributed by atoms with van der Waals surface area (Å²) in [7, 11) is 0. The second kappa shape index (κ2) is 6.12. The highest BCUT2D eigenvalue weighted by atomic mass is 32.1. The van der Waals surface area contributed by atoms with E-state index >= 15 is 0 Å². The molecule has 3 aromatic rings. The van der Waals surface area contributed by atoms with Gasteiger partial charge in [-0.05, 0) is 43.2 Å². The molecule has 0 bridgehead atoms. The molecule has 1 amide bonds. The zero-order valence-corrected chi connectivity index (χ0v) is 13.3. The van der Waals surface area contributed by atoms with Gasteiger partial charge < -0.3 is 0 Å². The predicted molar refractivity (Wildman–Crippen MR) is 93.2 cm³/mol. The molecule has 0 unspecified atom stereocenters. The van der Waals surface area contributed by atoms with Crippen LogP contribution in [0.25, 0.3) is 16.3 Å². The fourth-order valence-electron chi connectivity index (χ4n) is 2.08. The van der Waals surface area contributed by atoms with E-state index in [0.717, 1.165) is 15.8 Å². The third kappa shape index (κ3) is 3.40. The van der Waals surface area contributed by atoms with Crippen molar-refractivity contribution in [1.29, 1.82) is 0 Å². The zero-order chi connectivity index (χ0) is 15.5. The van der Waals surface area contributed by atoms with E-state index in [1.807, 2.05) is 50.2 Å². The molecule has 0 saturated heterocycles. The topological polar surface area (TPSA) is 42.0 Å². The van der Waals surface area contributed by atoms with Gasteiger partial charge in [0.05, 0.1) is 10.2 Å². The van der Waals surface area contributed by atoms with Crippen molar-refractivity contribution in [3.8, 4) is 0 Å². The van der Waals surface area contributed by atoms with Gasteiger partial charge in [-0.3, -0.25) is 10.1 Å². The lowest BCUT2D eigenvalue weighted by atomic mass is 10.1. The van der Waals surface area contributed by atoms with Crippen LogP contribution in [-0.4, -0.2) is 10.9 Å². The van der Waals surface area contributed by atoms with Crippen LogP contribution in [0.3, 0.4) is 0 Å². The Morgan fingerprint density at radius 3 is 2.59 bits per heavy atom. The van der Waals surface area contributed by atoms with Gasteiger partial charge >= 0.3 is 0 Å². The number of carbonyl (C=O) groups excluding carboxylic acids is 1. The molecule has 2 aromatic carbocycles. The molecule has 0 fully saturated rings. The predicted octanol–water partition coefficient (Wildman–Crippen LogP) is 4.57. The van der Waals surface area contributed by atoms with Crippen LogP contribution in [0.5, 0.6) is 0 Å². The quantitative estimate of drug-likeness (QED) is 0.720. The smallest absolute Gasteiger partial charge is 0.250 e. The van der Waals surface area contributed by atoms with Crippen LogP contribution in [-0.2, 0) is 4.79 Å². The molecule has 3 nitrogen and oxygen atoms in total. The van der Waals surface area contributed by atoms with E-state index in [-0.39, 0.29) is 5.91 Å². The molecule has 3 rings (SSSR count). The summed E-state index contributed by atoms with van der Waals surface area (Å²) in [6.07, 6.45) is 3.33. The van der Waals surface area contributed by atoms with E-state index in [0.29, 0.717) is 5.13 Å². The lowest BCUT2D eigenvalue weighted by Crippen LogP contribution is -2.07. The first-order chi connectivity index (χ1) is 10.6. The van der Waals surface area contributed by atoms with Crippen LogP contribution in [0.4, 0.5) is 5.13 Å². The number of amides is 1. The van der Waals surface area contributed by atoms with E-state index in [1.165, 1.54) is 28.5 Å². The first-order valence-corrected chi connectivity index (χ1v) is 7.85. The summed E-state index contributed by atoms with van der Waals surface area (Å²) >= 11 is 1.49. The Labute approximate surface area is 133 Å². The molecular formula is C18H16N2OS. The number of benzene rings is 2. The Kier molecular flexibility index (Phi) is 4.02. The van der Waals surface area contributed by atoms with Crippen molar-refractivity contribution >= 4 is 38.7 Å². The van der Waals surface area contributed by atoms with Gasteiger partial charge in [-0.25, -0.2) is 4.98 Å². The molecule has 1 heterocycles. The fraction of sp³-hybridized carbons (Fsp3) is 0.111. The average molecular weight is 308 g/mol. The SMILES string of the molecule is Cc1ccc(/C=C/C(=O)Nc2nc3ccc(C)cc3s2)cc1. The van der Waals surface area contributed by atoms with Gasteiger partial charge in [-0.1, -0.05) is 47.2 Å². The molecule has 22 heavy (non-hydrogen) atoms. The number of nitrogens with one attached hydrogen (secondary N) is 1. The highest BCUT2D eigenvalue weighted by Gasteiger charge is 2.05. The second-order valence-electron chi connectivity index (χ2n) is 5.22. The maximum Gasteiger partial charge on any atom is 0.250 e. The highest BCUT2D eigenvalue weighted by Crippen LogP contribution is 2.26. The minimum atomic E-state index is -0.170. The van der Waals surface area contributed by atoms with Crippen LogP contribution < -0.4 is 5.32 Å². The molecular weight excluding hydrogens is 292 g/mol. The first kappa shape index (κ1) is 14.5. The minimum Gasteiger partial charge on any atom is -0.298 e. The van der Waals surface area contributed by atoms with E-state index < -0.39 is 0 Å². The summed E-state index contributed by atoms with van der Waals surface area (Å²) in [6, 6.07) is 14.1. The van der Waals surface area contributed by atoms with Crippen molar-refractivity contribution in [3.05, 3.63) is 65.2 Å². The summed E-state index contributed by atoms with van der Waals surface area (Å²) in [5.74, 6) is -0.170. The van der Waals surface area contributed by atoms with Crippen molar-refractivity contribution in [2.45, 2.75) is 13.8 Å². The number of thiazole rings is 1. The van der Waals surface area contributed by atoms with Crippen molar-refractivity contribution < 1.29 is 4.79 Å². The Balaban J connectivity index is 1.71. The number of hydrogen-bond acceptors (Lipinski definition) is 3. The molecule has 0 saturated carbocycles. The highest BCUT2D eigenvalue weighted by molar-refractivity contribution is 7.22. The van der Waals surface area contributed by atoms with E-state index in [9.17, 15) is 4.79 Å². The Morgan fingerprint density at radius 1 is 1.09 bits per heavy atom. The third-order valence-electron chi connectivity index (χ3n) is 3.28. The molecule has 1 N–H and O–H groups in total. The fourth-order valence-corrected chi connectivity index (χ4v) is 3.05. The number of aryl methyl sites for hydroxylation is 2. The van der Waals surface area contributed by atoms with Crippen LogP contribution in [0.15, 0.2) is 48.5 Å². The van der Waals surface area contributed by atoms with E-state index in [4.69, 9.17) is 0 Å². The Hall–Kier alpha value is -2.46. The molecule has 0 aliphatic heterocycles. The third-order valence-corrected chi connectivity index (χ3v) is 4.21. The Bertz CT molecular complexity index is 847. The summed E-state index contributed by atoms with van der Waals surface area (Å²) in [5.41, 5.74) is 4.30. The molecule has 0 radical (unpaired) electrons. The maximum atomic E-state index is 12.0. The number of nitrogens with zero attached hydrogens (tertiary/aromatic N) is 1. The number of hydrogen-bond donors (Lipinski definition) is 1. The van der Waals surface area contributed by atoms with Crippen molar-refractivity contribution in [2.24, 2.45) is 0 Å². The van der Waals surface area contributed by atoms with Crippen molar-refractivity contribution in [2.75, 3.05) is 5.32 Å². The maximum absolute atomic E-state index is 12.0. The van der Waals surface area contributed by atoms with Gasteiger partial charge in [0.15, 0.2) is 5.13 Å². The Morgan fingerprint density at radius 2 is 1.82 bits per heavy atom. The number of rotatable bonds is 3. The normalized spacial score (nSPS) is 11.2. The van der Waals surface area contributed by atoms with Gasteiger partial charge in [0.1, 0.15) is 0 Å². The summed E-state index contributed by atoms with van der Waals surface area (Å²) in [5, 5.41) is 3.44. The van der Waals surface area contributed by atoms with Gasteiger partial charge in [-0.15, -0.1) is 0 Å². The monoisotopic (exact) mass is 308 g/mol. The van der Waals surface area contributed by atoms with Gasteiger partial charge in [0.25, 0.3) is 0 Å². The van der Waals surface area contributed by atoms with E-state index in [2.05, 4.69) is 16.4 Å². The number of fused-ring (bicyclic) bond motifs is 1. The number of anilines is 1. The van der Waals surface area contributed by atoms with Gasteiger partial charge in [0.2, 0.25) is 5.91 Å². The zero-order valence-electron chi connectivity index (χ0n) is 12.5. The molecule has 0 aliphatic carbocycles. The van der Waals surface area contributed by atoms with Gasteiger partial charge in [0, 0.05) is 6.08 Å². The summed E-state index contributed by atoms with van der Waals surface area (Å²) in [6.45, 7) is 4.08. The average Bonchev–Trinajstić information content (AvgIpc) is 2.88. The summed E-state index contributed by atoms with van der Waals surface area (Å²) in [4.78, 5) is 16.4.